The summed E-state index contributed by atoms with van der Waals surface area (Å²) in [4.78, 5) is 58.7. The molecular weight excluding hydrogens is 598 g/mol. The normalized spacial score (nSPS) is 25.5. The molecule has 0 unspecified atom stereocenters. The van der Waals surface area contributed by atoms with Crippen LogP contribution in [0.15, 0.2) is 73.8 Å². The van der Waals surface area contributed by atoms with Crippen LogP contribution in [0.1, 0.15) is 55.3 Å². The molecule has 10 nitrogen and oxygen atoms in total. The lowest BCUT2D eigenvalue weighted by atomic mass is 9.70. The monoisotopic (exact) mass is 643 g/mol. The first-order valence-electron chi connectivity index (χ1n) is 16.3. The molecule has 250 valence electrons. The van der Waals surface area contributed by atoms with E-state index in [2.05, 4.69) is 18.5 Å². The van der Waals surface area contributed by atoms with Gasteiger partial charge in [-0.15, -0.1) is 13.2 Å². The van der Waals surface area contributed by atoms with Crippen molar-refractivity contribution in [2.24, 2.45) is 11.8 Å². The number of aryl methyl sites for hydroxylation is 2. The number of rotatable bonds is 14. The van der Waals surface area contributed by atoms with E-state index in [0.29, 0.717) is 30.5 Å². The third kappa shape index (κ3) is 6.36. The molecule has 7 atom stereocenters. The predicted octanol–water partition coefficient (Wildman–Crippen LogP) is 3.94. The zero-order valence-electron chi connectivity index (χ0n) is 27.4. The molecule has 10 heteroatoms. The molecule has 0 aliphatic carbocycles. The van der Waals surface area contributed by atoms with E-state index in [0.717, 1.165) is 11.1 Å². The number of carbonyl (C=O) groups is 4. The van der Waals surface area contributed by atoms with Crippen molar-refractivity contribution in [3.8, 4) is 0 Å². The molecule has 0 aromatic heterocycles. The third-order valence-corrected chi connectivity index (χ3v) is 9.65. The van der Waals surface area contributed by atoms with E-state index in [9.17, 15) is 24.3 Å². The number of allylic oxidation sites excluding steroid dienone is 1. The Morgan fingerprint density at radius 3 is 2.60 bits per heavy atom. The number of hydrogen-bond acceptors (Lipinski definition) is 7. The number of aliphatic hydroxyl groups excluding tert-OH is 1. The highest BCUT2D eigenvalue weighted by Crippen LogP contribution is 2.60. The smallest absolute Gasteiger partial charge is 0.312 e. The number of nitrogens with one attached hydrogen (secondary N) is 1. The van der Waals surface area contributed by atoms with Gasteiger partial charge in [0.1, 0.15) is 17.7 Å². The van der Waals surface area contributed by atoms with Gasteiger partial charge in [-0.3, -0.25) is 19.2 Å². The first-order chi connectivity index (χ1) is 22.6. The predicted molar refractivity (Wildman–Crippen MR) is 177 cm³/mol. The maximum absolute atomic E-state index is 15.0. The molecule has 2 aromatic rings. The minimum atomic E-state index is -1.30. The number of esters is 1. The van der Waals surface area contributed by atoms with Crippen LogP contribution in [0.5, 0.6) is 0 Å². The number of fused-ring (bicyclic) bond motifs is 1. The van der Waals surface area contributed by atoms with Crippen LogP contribution >= 0.6 is 0 Å². The van der Waals surface area contributed by atoms with Gasteiger partial charge in [-0.2, -0.15) is 0 Å². The van der Waals surface area contributed by atoms with Crippen molar-refractivity contribution in [1.29, 1.82) is 0 Å². The molecule has 47 heavy (non-hydrogen) atoms. The molecule has 5 rings (SSSR count). The SMILES string of the molecule is C=CCCC(=O)NC[C@H](C)OC(=O)[C@@H]1[C@@H]2CC[C@]3(O2)[C@H](C(=O)N(CC=C)c2cc(C)ccc2C)N([C@H](CO)c2ccccc2)C(=O)[C@@H]13. The van der Waals surface area contributed by atoms with Gasteiger partial charge in [0.2, 0.25) is 11.8 Å². The largest absolute Gasteiger partial charge is 0.460 e. The fourth-order valence-corrected chi connectivity index (χ4v) is 7.50. The van der Waals surface area contributed by atoms with Gasteiger partial charge in [0.25, 0.3) is 5.91 Å². The zero-order chi connectivity index (χ0) is 33.9. The van der Waals surface area contributed by atoms with E-state index >= 15 is 0 Å². The fourth-order valence-electron chi connectivity index (χ4n) is 7.50. The van der Waals surface area contributed by atoms with Gasteiger partial charge in [-0.25, -0.2) is 0 Å². The van der Waals surface area contributed by atoms with Crippen LogP contribution < -0.4 is 10.2 Å². The number of nitrogens with zero attached hydrogens (tertiary/aromatic N) is 2. The number of likely N-dealkylation sites (tertiary alicyclic amines) is 1. The van der Waals surface area contributed by atoms with E-state index in [4.69, 9.17) is 9.47 Å². The number of ether oxygens (including phenoxy) is 2. The first kappa shape index (κ1) is 34.1. The average molecular weight is 644 g/mol. The molecule has 0 radical (unpaired) electrons. The van der Waals surface area contributed by atoms with E-state index in [1.165, 1.54) is 4.90 Å². The summed E-state index contributed by atoms with van der Waals surface area (Å²) in [7, 11) is 0. The minimum absolute atomic E-state index is 0.115. The van der Waals surface area contributed by atoms with Crippen molar-refractivity contribution in [1.82, 2.24) is 10.2 Å². The Kier molecular flexibility index (Phi) is 10.3. The molecule has 3 heterocycles. The Bertz CT molecular complexity index is 1530. The van der Waals surface area contributed by atoms with Crippen LogP contribution in [0.4, 0.5) is 5.69 Å². The van der Waals surface area contributed by atoms with Gasteiger partial charge in [-0.05, 0) is 62.8 Å². The molecule has 3 aliphatic heterocycles. The maximum Gasteiger partial charge on any atom is 0.312 e. The quantitative estimate of drug-likeness (QED) is 0.236. The number of aliphatic hydroxyl groups is 1. The zero-order valence-corrected chi connectivity index (χ0v) is 27.4. The van der Waals surface area contributed by atoms with Gasteiger partial charge in [0.15, 0.2) is 0 Å². The lowest BCUT2D eigenvalue weighted by Crippen LogP contribution is -2.57. The highest BCUT2D eigenvalue weighted by molar-refractivity contribution is 6.05. The Labute approximate surface area is 276 Å². The summed E-state index contributed by atoms with van der Waals surface area (Å²) in [6.07, 6.45) is 3.71. The molecule has 2 aromatic carbocycles. The Morgan fingerprint density at radius 1 is 1.17 bits per heavy atom. The number of anilines is 1. The van der Waals surface area contributed by atoms with Crippen LogP contribution in [-0.2, 0) is 28.7 Å². The lowest BCUT2D eigenvalue weighted by molar-refractivity contribution is -0.159. The third-order valence-electron chi connectivity index (χ3n) is 9.65. The second-order valence-electron chi connectivity index (χ2n) is 12.8. The number of benzene rings is 2. The summed E-state index contributed by atoms with van der Waals surface area (Å²) in [5, 5.41) is 13.5. The lowest BCUT2D eigenvalue weighted by Gasteiger charge is -2.39. The van der Waals surface area contributed by atoms with Crippen molar-refractivity contribution in [2.75, 3.05) is 24.6 Å². The summed E-state index contributed by atoms with van der Waals surface area (Å²) < 4.78 is 12.4. The standard InChI is InChI=1S/C37H45N3O7/c1-6-8-14-30(42)38-21-25(5)46-36(45)31-29-17-18-37(47-29)32(31)34(43)40(28(22-41)26-12-10-9-11-13-26)33(37)35(44)39(19-7-2)27-20-23(3)15-16-24(27)4/h6-7,9-13,15-16,20,25,28-29,31-33,41H,1-2,8,14,17-19,21-22H2,3-5H3,(H,38,42)/t25-,28+,29-,31+,32+,33-,37+/m0/s1. The minimum Gasteiger partial charge on any atom is -0.460 e. The number of hydrogen-bond donors (Lipinski definition) is 2. The van der Waals surface area contributed by atoms with Crippen molar-refractivity contribution >= 4 is 29.4 Å². The molecule has 3 amide bonds. The number of amides is 3. The summed E-state index contributed by atoms with van der Waals surface area (Å²) in [5.41, 5.74) is 1.89. The Balaban J connectivity index is 1.52. The second-order valence-corrected chi connectivity index (χ2v) is 12.8. The van der Waals surface area contributed by atoms with Gasteiger partial charge in [0.05, 0.1) is 37.1 Å². The van der Waals surface area contributed by atoms with Crippen molar-refractivity contribution in [3.05, 3.63) is 90.5 Å². The topological polar surface area (TPSA) is 125 Å². The van der Waals surface area contributed by atoms with Crippen LogP contribution in [0.3, 0.4) is 0 Å². The average Bonchev–Trinajstić information content (AvgIpc) is 3.71. The van der Waals surface area contributed by atoms with Crippen molar-refractivity contribution in [2.45, 2.75) is 76.3 Å². The first-order valence-corrected chi connectivity index (χ1v) is 16.3. The summed E-state index contributed by atoms with van der Waals surface area (Å²) >= 11 is 0. The van der Waals surface area contributed by atoms with E-state index in [1.807, 2.05) is 62.4 Å². The number of carbonyl (C=O) groups excluding carboxylic acids is 4. The highest BCUT2D eigenvalue weighted by Gasteiger charge is 2.76. The Morgan fingerprint density at radius 2 is 1.91 bits per heavy atom. The molecule has 1 spiro atoms. The fraction of sp³-hybridized carbons (Fsp3) is 0.459. The molecular formula is C37H45N3O7. The van der Waals surface area contributed by atoms with E-state index < -0.39 is 60.2 Å². The summed E-state index contributed by atoms with van der Waals surface area (Å²) in [6, 6.07) is 12.9. The molecule has 3 saturated heterocycles. The van der Waals surface area contributed by atoms with E-state index in [-0.39, 0.29) is 31.3 Å². The summed E-state index contributed by atoms with van der Waals surface area (Å²) in [6.45, 7) is 12.9. The molecule has 3 fully saturated rings. The van der Waals surface area contributed by atoms with Crippen LogP contribution in [-0.4, -0.2) is 77.2 Å². The van der Waals surface area contributed by atoms with Gasteiger partial charge >= 0.3 is 5.97 Å². The maximum atomic E-state index is 15.0. The van der Waals surface area contributed by atoms with Crippen LogP contribution in [0.2, 0.25) is 0 Å². The molecule has 3 aliphatic rings. The molecule has 2 bridgehead atoms. The second kappa shape index (κ2) is 14.2. The summed E-state index contributed by atoms with van der Waals surface area (Å²) in [5.74, 6) is -3.51. The molecule has 0 saturated carbocycles. The van der Waals surface area contributed by atoms with E-state index in [1.54, 1.807) is 24.0 Å². The molecule has 2 N–H and O–H groups in total. The van der Waals surface area contributed by atoms with Gasteiger partial charge < -0.3 is 29.7 Å². The van der Waals surface area contributed by atoms with Crippen LogP contribution in [0, 0.1) is 25.7 Å². The van der Waals surface area contributed by atoms with Crippen LogP contribution in [0.25, 0.3) is 0 Å². The Hall–Kier alpha value is -4.28. The van der Waals surface area contributed by atoms with Gasteiger partial charge in [0, 0.05) is 18.7 Å². The van der Waals surface area contributed by atoms with Crippen molar-refractivity contribution < 1.29 is 33.8 Å². The highest BCUT2D eigenvalue weighted by atomic mass is 16.6. The van der Waals surface area contributed by atoms with Gasteiger partial charge in [-0.1, -0.05) is 54.6 Å². The van der Waals surface area contributed by atoms with Crippen molar-refractivity contribution in [3.63, 3.8) is 0 Å².